The maximum Gasteiger partial charge on any atom is 0.235 e. The standard InChI is InChI=1S/C16H20ClFN2O/c17-9-16(21)19-13-7-14-5-6-15(8-13)20(14)10-11-1-3-12(18)4-2-11/h1-4,13-15H,5-10H2,(H,19,21)/t13-,14+,15-. The summed E-state index contributed by atoms with van der Waals surface area (Å²) in [6.07, 6.45) is 4.33. The second-order valence-electron chi connectivity index (χ2n) is 6.05. The van der Waals surface area contributed by atoms with Crippen LogP contribution in [-0.4, -0.2) is 34.8 Å². The number of carbonyl (C=O) groups excluding carboxylic acids is 1. The maximum absolute atomic E-state index is 13.0. The number of hydrogen-bond donors (Lipinski definition) is 1. The quantitative estimate of drug-likeness (QED) is 0.867. The molecule has 1 aromatic rings. The summed E-state index contributed by atoms with van der Waals surface area (Å²) in [6.45, 7) is 0.867. The molecule has 1 amide bonds. The molecule has 21 heavy (non-hydrogen) atoms. The molecule has 2 saturated heterocycles. The van der Waals surface area contributed by atoms with E-state index in [1.807, 2.05) is 12.1 Å². The Morgan fingerprint density at radius 3 is 2.43 bits per heavy atom. The van der Waals surface area contributed by atoms with E-state index in [-0.39, 0.29) is 23.6 Å². The number of benzene rings is 1. The summed E-state index contributed by atoms with van der Waals surface area (Å²) in [7, 11) is 0. The van der Waals surface area contributed by atoms with E-state index in [9.17, 15) is 9.18 Å². The van der Waals surface area contributed by atoms with Crippen molar-refractivity contribution in [3.05, 3.63) is 35.6 Å². The number of rotatable bonds is 4. The summed E-state index contributed by atoms with van der Waals surface area (Å²) >= 11 is 5.56. The highest BCUT2D eigenvalue weighted by atomic mass is 35.5. The molecule has 3 rings (SSSR count). The Morgan fingerprint density at radius 1 is 1.24 bits per heavy atom. The normalized spacial score (nSPS) is 28.6. The predicted molar refractivity (Wildman–Crippen MR) is 80.6 cm³/mol. The first-order valence-corrected chi connectivity index (χ1v) is 8.04. The van der Waals surface area contributed by atoms with Gasteiger partial charge in [0.05, 0.1) is 0 Å². The number of fused-ring (bicyclic) bond motifs is 2. The molecule has 0 radical (unpaired) electrons. The number of piperidine rings is 1. The highest BCUT2D eigenvalue weighted by Gasteiger charge is 2.40. The lowest BCUT2D eigenvalue weighted by Crippen LogP contribution is -2.50. The summed E-state index contributed by atoms with van der Waals surface area (Å²) in [5.41, 5.74) is 1.15. The van der Waals surface area contributed by atoms with Crippen LogP contribution in [-0.2, 0) is 11.3 Å². The minimum atomic E-state index is -0.191. The van der Waals surface area contributed by atoms with Gasteiger partial charge in [0, 0.05) is 24.7 Å². The highest BCUT2D eigenvalue weighted by Crippen LogP contribution is 2.36. The molecule has 0 spiro atoms. The first-order chi connectivity index (χ1) is 10.2. The SMILES string of the molecule is O=C(CCl)N[C@H]1C[C@H]2CC[C@@H](C1)N2Cc1ccc(F)cc1. The van der Waals surface area contributed by atoms with Crippen LogP contribution in [0.15, 0.2) is 24.3 Å². The van der Waals surface area contributed by atoms with E-state index in [0.29, 0.717) is 12.1 Å². The van der Waals surface area contributed by atoms with E-state index < -0.39 is 0 Å². The minimum Gasteiger partial charge on any atom is -0.352 e. The molecular weight excluding hydrogens is 291 g/mol. The lowest BCUT2D eigenvalue weighted by atomic mass is 9.96. The van der Waals surface area contributed by atoms with Gasteiger partial charge in [-0.15, -0.1) is 11.6 Å². The van der Waals surface area contributed by atoms with E-state index >= 15 is 0 Å². The third-order valence-corrected chi connectivity index (χ3v) is 4.89. The molecule has 1 aromatic carbocycles. The first-order valence-electron chi connectivity index (χ1n) is 7.51. The lowest BCUT2D eigenvalue weighted by Gasteiger charge is -2.39. The Hall–Kier alpha value is -1.13. The van der Waals surface area contributed by atoms with Crippen LogP contribution in [0, 0.1) is 5.82 Å². The minimum absolute atomic E-state index is 0.0329. The van der Waals surface area contributed by atoms with E-state index in [2.05, 4.69) is 10.2 Å². The summed E-state index contributed by atoms with van der Waals surface area (Å²) in [5, 5.41) is 3.01. The van der Waals surface area contributed by atoms with Crippen LogP contribution >= 0.6 is 11.6 Å². The first kappa shape index (κ1) is 14.8. The van der Waals surface area contributed by atoms with Crippen LogP contribution in [0.5, 0.6) is 0 Å². The largest absolute Gasteiger partial charge is 0.352 e. The average molecular weight is 311 g/mol. The molecule has 2 fully saturated rings. The van der Waals surface area contributed by atoms with Crippen LogP contribution in [0.25, 0.3) is 0 Å². The Morgan fingerprint density at radius 2 is 1.86 bits per heavy atom. The van der Waals surface area contributed by atoms with Gasteiger partial charge in [-0.1, -0.05) is 12.1 Å². The Balaban J connectivity index is 1.62. The summed E-state index contributed by atoms with van der Waals surface area (Å²) in [4.78, 5) is 13.9. The van der Waals surface area contributed by atoms with Crippen molar-refractivity contribution < 1.29 is 9.18 Å². The molecule has 2 aliphatic heterocycles. The monoisotopic (exact) mass is 310 g/mol. The van der Waals surface area contributed by atoms with E-state index in [1.165, 1.54) is 25.0 Å². The molecule has 2 bridgehead atoms. The molecule has 114 valence electrons. The predicted octanol–water partition coefficient (Wildman–Crippen LogP) is 2.68. The smallest absolute Gasteiger partial charge is 0.235 e. The molecule has 5 heteroatoms. The van der Waals surface area contributed by atoms with Crippen molar-refractivity contribution >= 4 is 17.5 Å². The van der Waals surface area contributed by atoms with E-state index in [0.717, 1.165) is 24.9 Å². The van der Waals surface area contributed by atoms with Gasteiger partial charge in [0.15, 0.2) is 0 Å². The van der Waals surface area contributed by atoms with Crippen LogP contribution in [0.3, 0.4) is 0 Å². The molecule has 2 aliphatic rings. The van der Waals surface area contributed by atoms with Crippen LogP contribution in [0.1, 0.15) is 31.2 Å². The molecule has 0 aromatic heterocycles. The summed E-state index contributed by atoms with van der Waals surface area (Å²) in [6, 6.07) is 8.02. The zero-order chi connectivity index (χ0) is 14.8. The fraction of sp³-hybridized carbons (Fsp3) is 0.562. The number of hydrogen-bond acceptors (Lipinski definition) is 2. The van der Waals surface area contributed by atoms with Crippen molar-refractivity contribution in [2.75, 3.05) is 5.88 Å². The van der Waals surface area contributed by atoms with Crippen molar-refractivity contribution in [2.45, 2.75) is 50.4 Å². The van der Waals surface area contributed by atoms with Gasteiger partial charge in [-0.2, -0.15) is 0 Å². The Labute approximate surface area is 129 Å². The van der Waals surface area contributed by atoms with Gasteiger partial charge in [-0.3, -0.25) is 9.69 Å². The second kappa shape index (κ2) is 6.32. The molecule has 1 N–H and O–H groups in total. The number of halogens is 2. The number of nitrogens with one attached hydrogen (secondary N) is 1. The molecular formula is C16H20ClFN2O. The highest BCUT2D eigenvalue weighted by molar-refractivity contribution is 6.27. The number of amides is 1. The van der Waals surface area contributed by atoms with Gasteiger partial charge in [0.2, 0.25) is 5.91 Å². The number of alkyl halides is 1. The van der Waals surface area contributed by atoms with Crippen molar-refractivity contribution in [1.29, 1.82) is 0 Å². The Kier molecular flexibility index (Phi) is 4.45. The third kappa shape index (κ3) is 3.38. The van der Waals surface area contributed by atoms with Crippen molar-refractivity contribution in [1.82, 2.24) is 10.2 Å². The fourth-order valence-electron chi connectivity index (χ4n) is 3.72. The number of carbonyl (C=O) groups is 1. The van der Waals surface area contributed by atoms with Crippen LogP contribution < -0.4 is 5.32 Å². The average Bonchev–Trinajstić information content (AvgIpc) is 2.71. The van der Waals surface area contributed by atoms with Gasteiger partial charge in [-0.25, -0.2) is 4.39 Å². The van der Waals surface area contributed by atoms with E-state index in [4.69, 9.17) is 11.6 Å². The molecule has 3 nitrogen and oxygen atoms in total. The third-order valence-electron chi connectivity index (χ3n) is 4.65. The Bertz CT molecular complexity index is 494. The lowest BCUT2D eigenvalue weighted by molar-refractivity contribution is -0.119. The van der Waals surface area contributed by atoms with Crippen molar-refractivity contribution in [3.8, 4) is 0 Å². The molecule has 0 saturated carbocycles. The summed E-state index contributed by atoms with van der Waals surface area (Å²) in [5.74, 6) is -0.234. The molecule has 2 heterocycles. The zero-order valence-corrected chi connectivity index (χ0v) is 12.7. The summed E-state index contributed by atoms with van der Waals surface area (Å²) < 4.78 is 13.0. The molecule has 0 aliphatic carbocycles. The van der Waals surface area contributed by atoms with Crippen molar-refractivity contribution in [3.63, 3.8) is 0 Å². The second-order valence-corrected chi connectivity index (χ2v) is 6.32. The van der Waals surface area contributed by atoms with Gasteiger partial charge in [0.1, 0.15) is 11.7 Å². The molecule has 0 unspecified atom stereocenters. The zero-order valence-electron chi connectivity index (χ0n) is 11.9. The van der Waals surface area contributed by atoms with Gasteiger partial charge >= 0.3 is 0 Å². The van der Waals surface area contributed by atoms with Gasteiger partial charge in [-0.05, 0) is 43.4 Å². The van der Waals surface area contributed by atoms with Crippen molar-refractivity contribution in [2.24, 2.45) is 0 Å². The molecule has 3 atom stereocenters. The topological polar surface area (TPSA) is 32.3 Å². The van der Waals surface area contributed by atoms with Gasteiger partial charge < -0.3 is 5.32 Å². The van der Waals surface area contributed by atoms with Crippen LogP contribution in [0.4, 0.5) is 4.39 Å². The number of nitrogens with zero attached hydrogens (tertiary/aromatic N) is 1. The van der Waals surface area contributed by atoms with Gasteiger partial charge in [0.25, 0.3) is 0 Å². The van der Waals surface area contributed by atoms with Crippen LogP contribution in [0.2, 0.25) is 0 Å². The van der Waals surface area contributed by atoms with E-state index in [1.54, 1.807) is 0 Å². The maximum atomic E-state index is 13.0. The fourth-order valence-corrected chi connectivity index (χ4v) is 3.79.